The molecule has 2 heterocycles. The van der Waals surface area contributed by atoms with Gasteiger partial charge in [0, 0.05) is 12.2 Å². The summed E-state index contributed by atoms with van der Waals surface area (Å²) >= 11 is 1.35. The van der Waals surface area contributed by atoms with Crippen LogP contribution in [0.4, 0.5) is 5.13 Å². The quantitative estimate of drug-likeness (QED) is 0.198. The Morgan fingerprint density at radius 2 is 1.82 bits per heavy atom. The minimum absolute atomic E-state index is 0.0433. The number of hydrogen-bond acceptors (Lipinski definition) is 10. The van der Waals surface area contributed by atoms with Gasteiger partial charge in [-0.1, -0.05) is 54.2 Å². The van der Waals surface area contributed by atoms with Crippen LogP contribution >= 0.6 is 11.3 Å². The molecule has 208 valence electrons. The van der Waals surface area contributed by atoms with E-state index < -0.39 is 10.0 Å². The van der Waals surface area contributed by atoms with Gasteiger partial charge in [0.25, 0.3) is 0 Å². The zero-order valence-corrected chi connectivity index (χ0v) is 23.5. The van der Waals surface area contributed by atoms with E-state index in [9.17, 15) is 8.42 Å². The number of aromatic nitrogens is 5. The van der Waals surface area contributed by atoms with E-state index in [1.165, 1.54) is 16.1 Å². The number of aliphatic hydroxyl groups is 1. The van der Waals surface area contributed by atoms with Crippen molar-refractivity contribution in [1.82, 2.24) is 25.2 Å². The third-order valence-electron chi connectivity index (χ3n) is 6.51. The van der Waals surface area contributed by atoms with Crippen LogP contribution in [0.2, 0.25) is 0 Å². The molecule has 13 heteroatoms. The molecular weight excluding hydrogens is 550 g/mol. The van der Waals surface area contributed by atoms with Crippen molar-refractivity contribution in [3.63, 3.8) is 0 Å². The maximum Gasteiger partial charge on any atom is 0.239 e. The highest BCUT2D eigenvalue weighted by Gasteiger charge is 2.28. The summed E-state index contributed by atoms with van der Waals surface area (Å²) < 4.78 is 32.4. The van der Waals surface area contributed by atoms with Crippen molar-refractivity contribution < 1.29 is 18.3 Å². The SMILES string of the molecule is COc1ccc(Cn2nnc(-c3c(-c4cccc5sc(N)nc45)ccc(CCCCCO)c3S(N)(=O)=O)n2)cc1. The predicted molar refractivity (Wildman–Crippen MR) is 154 cm³/mol. The Bertz CT molecular complexity index is 1750. The van der Waals surface area contributed by atoms with Crippen LogP contribution in [0.1, 0.15) is 30.4 Å². The molecule has 2 aromatic heterocycles. The first-order valence-electron chi connectivity index (χ1n) is 12.6. The third kappa shape index (κ3) is 5.82. The summed E-state index contributed by atoms with van der Waals surface area (Å²) in [6.45, 7) is 0.393. The first-order chi connectivity index (χ1) is 19.3. The van der Waals surface area contributed by atoms with Gasteiger partial charge in [0.15, 0.2) is 5.13 Å². The lowest BCUT2D eigenvalue weighted by atomic mass is 9.94. The highest BCUT2D eigenvalue weighted by atomic mass is 32.2. The fraction of sp³-hybridized carbons (Fsp3) is 0.259. The third-order valence-corrected chi connectivity index (χ3v) is 8.40. The number of para-hydroxylation sites is 1. The fourth-order valence-electron chi connectivity index (χ4n) is 4.69. The molecule has 0 bridgehead atoms. The van der Waals surface area contributed by atoms with Gasteiger partial charge in [-0.05, 0) is 59.4 Å². The second-order valence-electron chi connectivity index (χ2n) is 9.25. The molecule has 0 atom stereocenters. The molecular formula is C27H29N7O4S2. The molecule has 0 fully saturated rings. The Morgan fingerprint density at radius 3 is 2.55 bits per heavy atom. The van der Waals surface area contributed by atoms with Gasteiger partial charge in [0.1, 0.15) is 5.75 Å². The predicted octanol–water partition coefficient (Wildman–Crippen LogP) is 3.61. The van der Waals surface area contributed by atoms with Crippen LogP contribution in [0.25, 0.3) is 32.7 Å². The van der Waals surface area contributed by atoms with Gasteiger partial charge in [-0.15, -0.1) is 10.2 Å². The summed E-state index contributed by atoms with van der Waals surface area (Å²) in [6, 6.07) is 16.7. The van der Waals surface area contributed by atoms with Crippen LogP contribution in [0.15, 0.2) is 59.5 Å². The monoisotopic (exact) mass is 579 g/mol. The molecule has 0 radical (unpaired) electrons. The van der Waals surface area contributed by atoms with Crippen molar-refractivity contribution in [1.29, 1.82) is 0 Å². The zero-order chi connectivity index (χ0) is 28.3. The molecule has 0 unspecified atom stereocenters. The van der Waals surface area contributed by atoms with Crippen LogP contribution in [0, 0.1) is 0 Å². The number of anilines is 1. The molecule has 5 aromatic rings. The number of aliphatic hydroxyl groups excluding tert-OH is 1. The Balaban J connectivity index is 1.67. The van der Waals surface area contributed by atoms with Gasteiger partial charge in [0.05, 0.1) is 34.3 Å². The second-order valence-corrected chi connectivity index (χ2v) is 11.8. The number of thiazole rings is 1. The number of primary sulfonamides is 1. The summed E-state index contributed by atoms with van der Waals surface area (Å²) in [5.74, 6) is 0.857. The summed E-state index contributed by atoms with van der Waals surface area (Å²) in [7, 11) is -2.61. The molecule has 3 aromatic carbocycles. The van der Waals surface area contributed by atoms with E-state index in [0.29, 0.717) is 53.1 Å². The Kier molecular flexibility index (Phi) is 8.07. The molecule has 0 saturated carbocycles. The number of nitrogens with zero attached hydrogens (tertiary/aromatic N) is 5. The number of tetrazole rings is 1. The molecule has 0 saturated heterocycles. The molecule has 0 amide bonds. The highest BCUT2D eigenvalue weighted by Crippen LogP contribution is 2.41. The number of aryl methyl sites for hydroxylation is 1. The van der Waals surface area contributed by atoms with E-state index >= 15 is 0 Å². The molecule has 0 aliphatic rings. The van der Waals surface area contributed by atoms with E-state index in [2.05, 4.69) is 20.4 Å². The number of rotatable bonds is 11. The van der Waals surface area contributed by atoms with Gasteiger partial charge in [-0.25, -0.2) is 18.5 Å². The zero-order valence-electron chi connectivity index (χ0n) is 21.8. The van der Waals surface area contributed by atoms with E-state index in [4.69, 9.17) is 20.7 Å². The molecule has 11 nitrogen and oxygen atoms in total. The number of hydrogen-bond donors (Lipinski definition) is 3. The van der Waals surface area contributed by atoms with Crippen molar-refractivity contribution in [3.05, 3.63) is 65.7 Å². The molecule has 0 spiro atoms. The van der Waals surface area contributed by atoms with Gasteiger partial charge in [-0.3, -0.25) is 0 Å². The maximum atomic E-state index is 13.2. The molecule has 5 rings (SSSR count). The normalized spacial score (nSPS) is 11.8. The number of sulfonamides is 1. The Hall–Kier alpha value is -3.91. The van der Waals surface area contributed by atoms with Crippen LogP contribution in [0.5, 0.6) is 5.75 Å². The topological polar surface area (TPSA) is 172 Å². The summed E-state index contributed by atoms with van der Waals surface area (Å²) in [5, 5.41) is 28.5. The average molecular weight is 580 g/mol. The first-order valence-corrected chi connectivity index (χ1v) is 15.0. The summed E-state index contributed by atoms with van der Waals surface area (Å²) in [5.41, 5.74) is 9.63. The van der Waals surface area contributed by atoms with Crippen LogP contribution in [-0.4, -0.2) is 52.4 Å². The number of benzene rings is 3. The lowest BCUT2D eigenvalue weighted by molar-refractivity contribution is 0.283. The van der Waals surface area contributed by atoms with Crippen molar-refractivity contribution >= 4 is 36.7 Å². The van der Waals surface area contributed by atoms with E-state index in [1.807, 2.05) is 48.5 Å². The van der Waals surface area contributed by atoms with E-state index in [1.54, 1.807) is 13.2 Å². The lowest BCUT2D eigenvalue weighted by Gasteiger charge is -2.16. The van der Waals surface area contributed by atoms with Crippen molar-refractivity contribution in [3.8, 4) is 28.3 Å². The maximum absolute atomic E-state index is 13.2. The minimum Gasteiger partial charge on any atom is -0.497 e. The number of fused-ring (bicyclic) bond motifs is 1. The summed E-state index contributed by atoms with van der Waals surface area (Å²) in [6.07, 6.45) is 2.50. The molecule has 0 aliphatic carbocycles. The molecule has 5 N–H and O–H groups in total. The number of methoxy groups -OCH3 is 1. The fourth-order valence-corrected chi connectivity index (χ4v) is 6.47. The number of nitrogen functional groups attached to an aromatic ring is 1. The van der Waals surface area contributed by atoms with Gasteiger partial charge in [0.2, 0.25) is 15.8 Å². The minimum atomic E-state index is -4.21. The van der Waals surface area contributed by atoms with Crippen LogP contribution in [0.3, 0.4) is 0 Å². The lowest BCUT2D eigenvalue weighted by Crippen LogP contribution is -2.17. The molecule has 40 heavy (non-hydrogen) atoms. The Morgan fingerprint density at radius 1 is 1.02 bits per heavy atom. The smallest absolute Gasteiger partial charge is 0.239 e. The largest absolute Gasteiger partial charge is 0.497 e. The number of nitrogens with two attached hydrogens (primary N) is 2. The summed E-state index contributed by atoms with van der Waals surface area (Å²) in [4.78, 5) is 5.87. The second kappa shape index (κ2) is 11.7. The van der Waals surface area contributed by atoms with E-state index in [-0.39, 0.29) is 22.9 Å². The highest BCUT2D eigenvalue weighted by molar-refractivity contribution is 7.89. The Labute approximate surface area is 235 Å². The van der Waals surface area contributed by atoms with Gasteiger partial charge in [-0.2, -0.15) is 4.80 Å². The number of ether oxygens (including phenoxy) is 1. The average Bonchev–Trinajstić information content (AvgIpc) is 3.56. The standard InChI is InChI=1S/C27H29N7O4S2/c1-38-19-12-9-17(10-13-19)16-34-32-26(31-33-34)23-20(21-7-5-8-22-24(21)30-27(28)39-22)14-11-18(6-3-2-4-15-35)25(23)40(29,36)37/h5,7-14,35H,2-4,6,15-16H2,1H3,(H2,28,30)(H2,29,36,37). The molecule has 0 aliphatic heterocycles. The van der Waals surface area contributed by atoms with Gasteiger partial charge >= 0.3 is 0 Å². The first kappa shape index (κ1) is 27.6. The van der Waals surface area contributed by atoms with E-state index in [0.717, 1.165) is 22.4 Å². The van der Waals surface area contributed by atoms with Gasteiger partial charge < -0.3 is 15.6 Å². The van der Waals surface area contributed by atoms with Crippen molar-refractivity contribution in [2.24, 2.45) is 5.14 Å². The number of unbranched alkanes of at least 4 members (excludes halogenated alkanes) is 2. The van der Waals surface area contributed by atoms with Crippen LogP contribution < -0.4 is 15.6 Å². The van der Waals surface area contributed by atoms with Crippen molar-refractivity contribution in [2.75, 3.05) is 19.5 Å². The van der Waals surface area contributed by atoms with Crippen molar-refractivity contribution in [2.45, 2.75) is 37.1 Å². The van der Waals surface area contributed by atoms with Crippen LogP contribution in [-0.2, 0) is 23.0 Å².